The van der Waals surface area contributed by atoms with Crippen molar-refractivity contribution in [1.82, 2.24) is 9.78 Å². The number of carbonyl (C=O) groups is 1. The van der Waals surface area contributed by atoms with Crippen molar-refractivity contribution in [2.24, 2.45) is 0 Å². The van der Waals surface area contributed by atoms with Crippen LogP contribution in [-0.4, -0.2) is 35.9 Å². The standard InChI is InChI=1S/C24H23ClN2O4/c1-3-30-31-15-14-17-6-13-21-22(24(17)28)23(16-4-7-18(25)8-5-16)27(26-21)19-9-11-20(29-2)12-10-19/h4-5,7-12,14H,3,6,13,15H2,1-2H3. The van der Waals surface area contributed by atoms with Gasteiger partial charge in [0, 0.05) is 10.6 Å². The SMILES string of the molecule is CCOOCC=C1CCc2nn(-c3ccc(OC)cc3)c(-c3ccc(Cl)cc3)c2C1=O. The quantitative estimate of drug-likeness (QED) is 0.219. The lowest BCUT2D eigenvalue weighted by molar-refractivity contribution is -0.282. The minimum atomic E-state index is -0.0361. The lowest BCUT2D eigenvalue weighted by atomic mass is 9.88. The Morgan fingerprint density at radius 1 is 1.06 bits per heavy atom. The highest BCUT2D eigenvalue weighted by atomic mass is 35.5. The highest BCUT2D eigenvalue weighted by Crippen LogP contribution is 2.36. The van der Waals surface area contributed by atoms with Crippen molar-refractivity contribution in [3.05, 3.63) is 76.5 Å². The van der Waals surface area contributed by atoms with E-state index in [0.717, 1.165) is 28.4 Å². The van der Waals surface area contributed by atoms with Crippen LogP contribution >= 0.6 is 11.6 Å². The zero-order valence-electron chi connectivity index (χ0n) is 17.4. The molecule has 0 saturated heterocycles. The van der Waals surface area contributed by atoms with Crippen LogP contribution < -0.4 is 4.74 Å². The summed E-state index contributed by atoms with van der Waals surface area (Å²) in [5.41, 5.74) is 4.57. The van der Waals surface area contributed by atoms with Gasteiger partial charge in [0.05, 0.1) is 36.4 Å². The molecule has 0 N–H and O–H groups in total. The number of methoxy groups -OCH3 is 1. The molecule has 1 aliphatic carbocycles. The van der Waals surface area contributed by atoms with E-state index in [4.69, 9.17) is 31.2 Å². The monoisotopic (exact) mass is 438 g/mol. The van der Waals surface area contributed by atoms with E-state index < -0.39 is 0 Å². The maximum absolute atomic E-state index is 13.4. The van der Waals surface area contributed by atoms with Crippen LogP contribution in [0.5, 0.6) is 5.75 Å². The average Bonchev–Trinajstić information content (AvgIpc) is 3.19. The lowest BCUT2D eigenvalue weighted by Crippen LogP contribution is -2.14. The van der Waals surface area contributed by atoms with E-state index in [1.807, 2.05) is 60.1 Å². The molecule has 31 heavy (non-hydrogen) atoms. The van der Waals surface area contributed by atoms with Crippen LogP contribution in [0.25, 0.3) is 16.9 Å². The van der Waals surface area contributed by atoms with Gasteiger partial charge in [-0.05, 0) is 67.8 Å². The number of allylic oxidation sites excluding steroid dienone is 1. The molecule has 2 aromatic carbocycles. The Labute approximate surface area is 185 Å². The summed E-state index contributed by atoms with van der Waals surface area (Å²) in [6.07, 6.45) is 3.07. The van der Waals surface area contributed by atoms with E-state index in [-0.39, 0.29) is 12.4 Å². The average molecular weight is 439 g/mol. The van der Waals surface area contributed by atoms with Crippen LogP contribution in [-0.2, 0) is 16.2 Å². The topological polar surface area (TPSA) is 62.6 Å². The number of halogens is 1. The predicted octanol–water partition coefficient (Wildman–Crippen LogP) is 5.22. The Hall–Kier alpha value is -2.93. The second-order valence-electron chi connectivity index (χ2n) is 7.04. The van der Waals surface area contributed by atoms with Crippen LogP contribution in [0.3, 0.4) is 0 Å². The predicted molar refractivity (Wildman–Crippen MR) is 119 cm³/mol. The molecule has 0 aliphatic heterocycles. The zero-order chi connectivity index (χ0) is 21.8. The van der Waals surface area contributed by atoms with Crippen LogP contribution in [0.4, 0.5) is 0 Å². The first-order valence-corrected chi connectivity index (χ1v) is 10.5. The number of fused-ring (bicyclic) bond motifs is 1. The molecule has 0 radical (unpaired) electrons. The number of carbonyl (C=O) groups excluding carboxylic acids is 1. The van der Waals surface area contributed by atoms with E-state index >= 15 is 0 Å². The van der Waals surface area contributed by atoms with E-state index in [1.54, 1.807) is 13.2 Å². The van der Waals surface area contributed by atoms with Gasteiger partial charge in [-0.2, -0.15) is 5.10 Å². The Bertz CT molecular complexity index is 1100. The Kier molecular flexibility index (Phi) is 6.51. The highest BCUT2D eigenvalue weighted by molar-refractivity contribution is 6.30. The van der Waals surface area contributed by atoms with Gasteiger partial charge >= 0.3 is 0 Å². The largest absolute Gasteiger partial charge is 0.497 e. The molecule has 0 atom stereocenters. The van der Waals surface area contributed by atoms with E-state index in [2.05, 4.69) is 0 Å². The number of nitrogens with zero attached hydrogens (tertiary/aromatic N) is 2. The molecule has 3 aromatic rings. The summed E-state index contributed by atoms with van der Waals surface area (Å²) < 4.78 is 7.10. The van der Waals surface area contributed by atoms with Crippen molar-refractivity contribution in [1.29, 1.82) is 0 Å². The van der Waals surface area contributed by atoms with E-state index in [1.165, 1.54) is 0 Å². The van der Waals surface area contributed by atoms with Crippen molar-refractivity contribution < 1.29 is 19.3 Å². The summed E-state index contributed by atoms with van der Waals surface area (Å²) in [4.78, 5) is 23.4. The minimum Gasteiger partial charge on any atom is -0.497 e. The molecule has 0 spiro atoms. The third-order valence-electron chi connectivity index (χ3n) is 5.14. The first-order valence-electron chi connectivity index (χ1n) is 10.1. The summed E-state index contributed by atoms with van der Waals surface area (Å²) in [6, 6.07) is 15.0. The van der Waals surface area contributed by atoms with Crippen molar-refractivity contribution in [3.8, 4) is 22.7 Å². The molecule has 1 heterocycles. The Morgan fingerprint density at radius 3 is 2.48 bits per heavy atom. The van der Waals surface area contributed by atoms with Gasteiger partial charge in [-0.25, -0.2) is 14.5 Å². The highest BCUT2D eigenvalue weighted by Gasteiger charge is 2.31. The fraction of sp³-hybridized carbons (Fsp3) is 0.250. The molecule has 0 saturated carbocycles. The molecule has 1 aliphatic rings. The molecule has 6 nitrogen and oxygen atoms in total. The summed E-state index contributed by atoms with van der Waals surface area (Å²) in [6.45, 7) is 2.53. The number of hydrogen-bond acceptors (Lipinski definition) is 5. The van der Waals surface area contributed by atoms with Gasteiger partial charge in [0.1, 0.15) is 12.4 Å². The first-order chi connectivity index (χ1) is 15.1. The summed E-state index contributed by atoms with van der Waals surface area (Å²) in [5.74, 6) is 0.718. The number of aryl methyl sites for hydroxylation is 1. The molecule has 0 fully saturated rings. The van der Waals surface area contributed by atoms with E-state index in [9.17, 15) is 4.79 Å². The van der Waals surface area contributed by atoms with Gasteiger partial charge < -0.3 is 4.74 Å². The van der Waals surface area contributed by atoms with Gasteiger partial charge in [-0.1, -0.05) is 23.7 Å². The maximum Gasteiger partial charge on any atom is 0.192 e. The molecular formula is C24H23ClN2O4. The molecule has 4 rings (SSSR count). The van der Waals surface area contributed by atoms with Gasteiger partial charge in [-0.15, -0.1) is 0 Å². The Balaban J connectivity index is 1.81. The van der Waals surface area contributed by atoms with Gasteiger partial charge in [-0.3, -0.25) is 4.79 Å². The number of benzene rings is 2. The van der Waals surface area contributed by atoms with Crippen molar-refractivity contribution in [2.75, 3.05) is 20.3 Å². The van der Waals surface area contributed by atoms with E-state index in [0.29, 0.717) is 35.6 Å². The van der Waals surface area contributed by atoms with Crippen LogP contribution in [0, 0.1) is 0 Å². The van der Waals surface area contributed by atoms with Crippen LogP contribution in [0.1, 0.15) is 29.4 Å². The van der Waals surface area contributed by atoms with Gasteiger partial charge in [0.25, 0.3) is 0 Å². The molecular weight excluding hydrogens is 416 g/mol. The number of aromatic nitrogens is 2. The number of rotatable bonds is 7. The first kappa shape index (κ1) is 21.3. The maximum atomic E-state index is 13.4. The van der Waals surface area contributed by atoms with Crippen molar-refractivity contribution in [3.63, 3.8) is 0 Å². The summed E-state index contributed by atoms with van der Waals surface area (Å²) >= 11 is 6.10. The molecule has 160 valence electrons. The molecule has 0 amide bonds. The minimum absolute atomic E-state index is 0.0361. The smallest absolute Gasteiger partial charge is 0.192 e. The summed E-state index contributed by atoms with van der Waals surface area (Å²) in [7, 11) is 1.63. The summed E-state index contributed by atoms with van der Waals surface area (Å²) in [5, 5.41) is 5.44. The molecule has 0 bridgehead atoms. The number of ketones is 1. The molecule has 0 unspecified atom stereocenters. The van der Waals surface area contributed by atoms with Crippen molar-refractivity contribution in [2.45, 2.75) is 19.8 Å². The normalized spacial score (nSPS) is 14.7. The fourth-order valence-electron chi connectivity index (χ4n) is 3.65. The Morgan fingerprint density at radius 2 is 1.81 bits per heavy atom. The number of ether oxygens (including phenoxy) is 1. The third-order valence-corrected chi connectivity index (χ3v) is 5.39. The molecule has 1 aromatic heterocycles. The van der Waals surface area contributed by atoms with Crippen LogP contribution in [0.2, 0.25) is 5.02 Å². The van der Waals surface area contributed by atoms with Gasteiger partial charge in [0.2, 0.25) is 0 Å². The molecule has 7 heteroatoms. The lowest BCUT2D eigenvalue weighted by Gasteiger charge is -2.15. The van der Waals surface area contributed by atoms with Gasteiger partial charge in [0.15, 0.2) is 5.78 Å². The van der Waals surface area contributed by atoms with Crippen molar-refractivity contribution >= 4 is 17.4 Å². The second-order valence-corrected chi connectivity index (χ2v) is 7.47. The number of Topliss-reactive ketones (excluding diaryl/α,β-unsaturated/α-hetero) is 1. The second kappa shape index (κ2) is 9.47. The fourth-order valence-corrected chi connectivity index (χ4v) is 3.78. The third kappa shape index (κ3) is 4.42. The number of hydrogen-bond donors (Lipinski definition) is 0. The van der Waals surface area contributed by atoms with Crippen LogP contribution in [0.15, 0.2) is 60.2 Å². The zero-order valence-corrected chi connectivity index (χ0v) is 18.2.